The molecular weight excluding hydrogens is 470 g/mol. The van der Waals surface area contributed by atoms with Crippen molar-refractivity contribution in [1.82, 2.24) is 24.8 Å². The van der Waals surface area contributed by atoms with Crippen molar-refractivity contribution in [1.29, 1.82) is 0 Å². The number of fused-ring (bicyclic) bond motifs is 1. The average Bonchev–Trinajstić information content (AvgIpc) is 2.76. The van der Waals surface area contributed by atoms with E-state index in [9.17, 15) is 9.18 Å². The number of rotatable bonds is 2. The standard InChI is InChI=1S/C22H23Cl2FN6O2/c1-12-16(23)17(24)19-15(28-12)9-14(25)18(29-19)13-10-26-20(27-11-13)30-5-7-31(8-6-30)21(32)33-22(2,3)4/h9-11H,5-8H2,1-4H3. The first-order chi connectivity index (χ1) is 15.5. The molecule has 1 amide bonds. The Labute approximate surface area is 200 Å². The number of aromatic nitrogens is 4. The molecule has 4 heterocycles. The number of ether oxygens (including phenoxy) is 1. The summed E-state index contributed by atoms with van der Waals surface area (Å²) in [5, 5.41) is 0.507. The molecule has 0 radical (unpaired) electrons. The molecule has 4 rings (SSSR count). The first-order valence-electron chi connectivity index (χ1n) is 10.4. The lowest BCUT2D eigenvalue weighted by atomic mass is 10.2. The van der Waals surface area contributed by atoms with Gasteiger partial charge in [0.15, 0.2) is 5.82 Å². The van der Waals surface area contributed by atoms with Crippen molar-refractivity contribution >= 4 is 46.3 Å². The quantitative estimate of drug-likeness (QED) is 0.502. The van der Waals surface area contributed by atoms with Crippen LogP contribution in [-0.2, 0) is 4.74 Å². The molecule has 1 aliphatic rings. The maximum Gasteiger partial charge on any atom is 0.410 e. The number of pyridine rings is 2. The first-order valence-corrected chi connectivity index (χ1v) is 11.2. The fourth-order valence-corrected chi connectivity index (χ4v) is 3.85. The molecule has 1 saturated heterocycles. The van der Waals surface area contributed by atoms with Crippen molar-refractivity contribution in [3.63, 3.8) is 0 Å². The zero-order chi connectivity index (χ0) is 23.9. The van der Waals surface area contributed by atoms with Gasteiger partial charge in [0.2, 0.25) is 5.95 Å². The van der Waals surface area contributed by atoms with Gasteiger partial charge < -0.3 is 14.5 Å². The van der Waals surface area contributed by atoms with Crippen molar-refractivity contribution < 1.29 is 13.9 Å². The predicted molar refractivity (Wildman–Crippen MR) is 125 cm³/mol. The lowest BCUT2D eigenvalue weighted by Gasteiger charge is -2.35. The van der Waals surface area contributed by atoms with Crippen LogP contribution in [0.25, 0.3) is 22.3 Å². The van der Waals surface area contributed by atoms with Gasteiger partial charge >= 0.3 is 6.09 Å². The molecule has 0 atom stereocenters. The van der Waals surface area contributed by atoms with Gasteiger partial charge in [-0.3, -0.25) is 0 Å². The van der Waals surface area contributed by atoms with Gasteiger partial charge in [-0.1, -0.05) is 23.2 Å². The number of anilines is 1. The van der Waals surface area contributed by atoms with Gasteiger partial charge in [0.25, 0.3) is 0 Å². The third-order valence-electron chi connectivity index (χ3n) is 5.09. The van der Waals surface area contributed by atoms with Crippen LogP contribution in [0.3, 0.4) is 0 Å². The smallest absolute Gasteiger partial charge is 0.410 e. The van der Waals surface area contributed by atoms with Gasteiger partial charge in [0.1, 0.15) is 16.8 Å². The number of aryl methyl sites for hydroxylation is 1. The van der Waals surface area contributed by atoms with Gasteiger partial charge in [-0.15, -0.1) is 0 Å². The van der Waals surface area contributed by atoms with Crippen LogP contribution in [0.15, 0.2) is 18.5 Å². The van der Waals surface area contributed by atoms with Gasteiger partial charge in [-0.2, -0.15) is 0 Å². The van der Waals surface area contributed by atoms with Crippen LogP contribution in [0.2, 0.25) is 10.0 Å². The Hall–Kier alpha value is -2.78. The normalized spacial score (nSPS) is 14.6. The monoisotopic (exact) mass is 492 g/mol. The Balaban J connectivity index is 1.51. The zero-order valence-corrected chi connectivity index (χ0v) is 20.2. The van der Waals surface area contributed by atoms with Crippen molar-refractivity contribution in [2.75, 3.05) is 31.1 Å². The fourth-order valence-electron chi connectivity index (χ4n) is 3.44. The largest absolute Gasteiger partial charge is 0.444 e. The Morgan fingerprint density at radius 3 is 2.30 bits per heavy atom. The third kappa shape index (κ3) is 4.94. The topological polar surface area (TPSA) is 84.3 Å². The maximum absolute atomic E-state index is 14.8. The van der Waals surface area contributed by atoms with Gasteiger partial charge in [0.05, 0.1) is 21.3 Å². The molecule has 1 aliphatic heterocycles. The lowest BCUT2D eigenvalue weighted by Crippen LogP contribution is -2.50. The van der Waals surface area contributed by atoms with Crippen molar-refractivity contribution in [3.8, 4) is 11.3 Å². The number of carbonyl (C=O) groups excluding carboxylic acids is 1. The van der Waals surface area contributed by atoms with Crippen molar-refractivity contribution in [2.24, 2.45) is 0 Å². The summed E-state index contributed by atoms with van der Waals surface area (Å²) in [5.74, 6) is -0.0720. The van der Waals surface area contributed by atoms with Gasteiger partial charge in [0, 0.05) is 50.2 Å². The highest BCUT2D eigenvalue weighted by molar-refractivity contribution is 6.45. The summed E-state index contributed by atoms with van der Waals surface area (Å²) >= 11 is 12.5. The minimum atomic E-state index is -0.560. The minimum Gasteiger partial charge on any atom is -0.444 e. The van der Waals surface area contributed by atoms with E-state index in [0.717, 1.165) is 0 Å². The van der Waals surface area contributed by atoms with Gasteiger partial charge in [-0.05, 0) is 27.7 Å². The molecule has 0 N–H and O–H groups in total. The number of carbonyl (C=O) groups is 1. The van der Waals surface area contributed by atoms with E-state index in [0.29, 0.717) is 54.4 Å². The van der Waals surface area contributed by atoms with E-state index in [2.05, 4.69) is 19.9 Å². The van der Waals surface area contributed by atoms with Crippen LogP contribution in [0.1, 0.15) is 26.5 Å². The highest BCUT2D eigenvalue weighted by Gasteiger charge is 2.27. The molecule has 3 aromatic rings. The third-order valence-corrected chi connectivity index (χ3v) is 6.02. The molecule has 11 heteroatoms. The highest BCUT2D eigenvalue weighted by atomic mass is 35.5. The molecule has 0 unspecified atom stereocenters. The second-order valence-corrected chi connectivity index (χ2v) is 9.49. The second kappa shape index (κ2) is 8.87. The Bertz CT molecular complexity index is 1210. The summed E-state index contributed by atoms with van der Waals surface area (Å²) in [6.45, 7) is 9.30. The minimum absolute atomic E-state index is 0.0624. The van der Waals surface area contributed by atoms with E-state index >= 15 is 0 Å². The summed E-state index contributed by atoms with van der Waals surface area (Å²) < 4.78 is 20.2. The van der Waals surface area contributed by atoms with Crippen LogP contribution in [0.4, 0.5) is 15.1 Å². The van der Waals surface area contributed by atoms with Crippen LogP contribution in [-0.4, -0.2) is 62.7 Å². The molecule has 0 aliphatic carbocycles. The summed E-state index contributed by atoms with van der Waals surface area (Å²) in [7, 11) is 0. The predicted octanol–water partition coefficient (Wildman–Crippen LogP) is 4.90. The van der Waals surface area contributed by atoms with Crippen LogP contribution in [0, 0.1) is 12.7 Å². The van der Waals surface area contributed by atoms with Crippen LogP contribution in [0.5, 0.6) is 0 Å². The molecule has 0 spiro atoms. The summed E-state index contributed by atoms with van der Waals surface area (Å²) in [5.41, 5.74) is 1.06. The van der Waals surface area contributed by atoms with Crippen LogP contribution >= 0.6 is 23.2 Å². The summed E-state index contributed by atoms with van der Waals surface area (Å²) in [4.78, 5) is 33.2. The van der Waals surface area contributed by atoms with E-state index in [1.165, 1.54) is 18.5 Å². The Morgan fingerprint density at radius 2 is 1.70 bits per heavy atom. The molecule has 174 valence electrons. The van der Waals surface area contributed by atoms with E-state index in [4.69, 9.17) is 27.9 Å². The maximum atomic E-state index is 14.8. The molecule has 1 fully saturated rings. The number of hydrogen-bond acceptors (Lipinski definition) is 7. The number of amides is 1. The Kier molecular flexibility index (Phi) is 6.28. The molecule has 0 saturated carbocycles. The van der Waals surface area contributed by atoms with E-state index < -0.39 is 11.4 Å². The van der Waals surface area contributed by atoms with E-state index in [1.54, 1.807) is 11.8 Å². The first kappa shape index (κ1) is 23.4. The van der Waals surface area contributed by atoms with E-state index in [-0.39, 0.29) is 21.8 Å². The summed E-state index contributed by atoms with van der Waals surface area (Å²) in [6, 6.07) is 1.27. The van der Waals surface area contributed by atoms with Crippen molar-refractivity contribution in [2.45, 2.75) is 33.3 Å². The van der Waals surface area contributed by atoms with Crippen LogP contribution < -0.4 is 4.90 Å². The molecular formula is C22H23Cl2FN6O2. The molecule has 8 nitrogen and oxygen atoms in total. The summed E-state index contributed by atoms with van der Waals surface area (Å²) in [6.07, 6.45) is 2.69. The SMILES string of the molecule is Cc1nc2cc(F)c(-c3cnc(N4CCN(C(=O)OC(C)(C)C)CC4)nc3)nc2c(Cl)c1Cl. The second-order valence-electron chi connectivity index (χ2n) is 8.74. The average molecular weight is 493 g/mol. The molecule has 3 aromatic heterocycles. The number of piperazine rings is 1. The molecule has 0 bridgehead atoms. The fraction of sp³-hybridized carbons (Fsp3) is 0.409. The molecule has 0 aromatic carbocycles. The number of nitrogens with zero attached hydrogens (tertiary/aromatic N) is 6. The lowest BCUT2D eigenvalue weighted by molar-refractivity contribution is 0.0240. The zero-order valence-electron chi connectivity index (χ0n) is 18.7. The van der Waals surface area contributed by atoms with Gasteiger partial charge in [-0.25, -0.2) is 29.1 Å². The number of halogens is 3. The number of hydrogen-bond donors (Lipinski definition) is 0. The van der Waals surface area contributed by atoms with Crippen molar-refractivity contribution in [3.05, 3.63) is 40.0 Å². The Morgan fingerprint density at radius 1 is 1.06 bits per heavy atom. The van der Waals surface area contributed by atoms with E-state index in [1.807, 2.05) is 25.7 Å². The highest BCUT2D eigenvalue weighted by Crippen LogP contribution is 2.33. The molecule has 33 heavy (non-hydrogen) atoms.